The molecule has 1 aromatic heterocycles. The van der Waals surface area contributed by atoms with Gasteiger partial charge in [0.2, 0.25) is 0 Å². The zero-order valence-electron chi connectivity index (χ0n) is 15.5. The van der Waals surface area contributed by atoms with Gasteiger partial charge in [-0.25, -0.2) is 0 Å². The van der Waals surface area contributed by atoms with E-state index >= 15 is 0 Å². The number of hydrogen-bond acceptors (Lipinski definition) is 3. The fourth-order valence-corrected chi connectivity index (χ4v) is 3.83. The van der Waals surface area contributed by atoms with Crippen molar-refractivity contribution in [2.45, 2.75) is 47.1 Å². The Morgan fingerprint density at radius 3 is 2.58 bits per heavy atom. The number of aryl methyl sites for hydroxylation is 3. The molecule has 1 saturated heterocycles. The SMILES string of the molecule is CCN(CC)[C@@H]1CCN(C(=O)c2oc3c(C)c(C)ccc3c2C)C1. The van der Waals surface area contributed by atoms with Gasteiger partial charge in [-0.2, -0.15) is 0 Å². The number of rotatable bonds is 4. The molecule has 1 amide bonds. The molecular weight excluding hydrogens is 300 g/mol. The molecule has 1 aliphatic heterocycles. The number of benzene rings is 1. The van der Waals surface area contributed by atoms with Crippen molar-refractivity contribution in [1.29, 1.82) is 0 Å². The summed E-state index contributed by atoms with van der Waals surface area (Å²) in [6, 6.07) is 4.63. The molecule has 1 aromatic carbocycles. The summed E-state index contributed by atoms with van der Waals surface area (Å²) in [6.45, 7) is 14.2. The third kappa shape index (κ3) is 2.73. The first-order valence-electron chi connectivity index (χ1n) is 9.00. The van der Waals surface area contributed by atoms with E-state index in [2.05, 4.69) is 44.7 Å². The number of nitrogens with zero attached hydrogens (tertiary/aromatic N) is 2. The van der Waals surface area contributed by atoms with Gasteiger partial charge < -0.3 is 9.32 Å². The average molecular weight is 328 g/mol. The Balaban J connectivity index is 1.87. The van der Waals surface area contributed by atoms with E-state index < -0.39 is 0 Å². The Labute approximate surface area is 144 Å². The highest BCUT2D eigenvalue weighted by Crippen LogP contribution is 2.31. The Morgan fingerprint density at radius 2 is 1.92 bits per heavy atom. The minimum Gasteiger partial charge on any atom is -0.450 e. The lowest BCUT2D eigenvalue weighted by atomic mass is 10.0. The van der Waals surface area contributed by atoms with Gasteiger partial charge in [-0.3, -0.25) is 9.69 Å². The molecule has 0 N–H and O–H groups in total. The maximum absolute atomic E-state index is 13.0. The monoisotopic (exact) mass is 328 g/mol. The topological polar surface area (TPSA) is 36.7 Å². The summed E-state index contributed by atoms with van der Waals surface area (Å²) in [6.07, 6.45) is 1.05. The number of amides is 1. The fraction of sp³-hybridized carbons (Fsp3) is 0.550. The Hall–Kier alpha value is -1.81. The zero-order chi connectivity index (χ0) is 17.4. The largest absolute Gasteiger partial charge is 0.450 e. The molecule has 1 aliphatic rings. The van der Waals surface area contributed by atoms with Crippen molar-refractivity contribution >= 4 is 16.9 Å². The van der Waals surface area contributed by atoms with Crippen LogP contribution in [0.1, 0.15) is 47.5 Å². The van der Waals surface area contributed by atoms with Gasteiger partial charge in [0.15, 0.2) is 5.76 Å². The number of carbonyl (C=O) groups is 1. The zero-order valence-corrected chi connectivity index (χ0v) is 15.5. The third-order valence-corrected chi connectivity index (χ3v) is 5.60. The number of likely N-dealkylation sites (tertiary alicyclic amines) is 1. The van der Waals surface area contributed by atoms with Crippen LogP contribution in [0.2, 0.25) is 0 Å². The van der Waals surface area contributed by atoms with Crippen LogP contribution in [0.5, 0.6) is 0 Å². The van der Waals surface area contributed by atoms with Crippen molar-refractivity contribution in [2.24, 2.45) is 0 Å². The van der Waals surface area contributed by atoms with Crippen molar-refractivity contribution in [1.82, 2.24) is 9.80 Å². The summed E-state index contributed by atoms with van der Waals surface area (Å²) in [5.41, 5.74) is 4.13. The molecule has 4 nitrogen and oxygen atoms in total. The molecule has 0 saturated carbocycles. The minimum absolute atomic E-state index is 0.0374. The van der Waals surface area contributed by atoms with E-state index in [0.717, 1.165) is 54.7 Å². The summed E-state index contributed by atoms with van der Waals surface area (Å²) in [4.78, 5) is 17.4. The predicted octanol–water partition coefficient (Wildman–Crippen LogP) is 3.91. The van der Waals surface area contributed by atoms with Crippen LogP contribution in [0, 0.1) is 20.8 Å². The Kier molecular flexibility index (Phi) is 4.68. The Bertz CT molecular complexity index is 759. The molecule has 1 fully saturated rings. The van der Waals surface area contributed by atoms with Crippen molar-refractivity contribution in [3.63, 3.8) is 0 Å². The second kappa shape index (κ2) is 6.60. The van der Waals surface area contributed by atoms with Crippen LogP contribution in [0.25, 0.3) is 11.0 Å². The van der Waals surface area contributed by atoms with Crippen molar-refractivity contribution in [3.05, 3.63) is 34.6 Å². The highest BCUT2D eigenvalue weighted by molar-refractivity contribution is 5.99. The molecule has 1 atom stereocenters. The van der Waals surface area contributed by atoms with E-state index in [0.29, 0.717) is 11.8 Å². The summed E-state index contributed by atoms with van der Waals surface area (Å²) in [7, 11) is 0. The maximum atomic E-state index is 13.0. The highest BCUT2D eigenvalue weighted by Gasteiger charge is 2.32. The second-order valence-corrected chi connectivity index (χ2v) is 6.86. The number of hydrogen-bond donors (Lipinski definition) is 0. The molecule has 0 bridgehead atoms. The van der Waals surface area contributed by atoms with E-state index in [9.17, 15) is 4.79 Å². The van der Waals surface area contributed by atoms with Gasteiger partial charge in [0.1, 0.15) is 5.58 Å². The lowest BCUT2D eigenvalue weighted by Gasteiger charge is -2.25. The highest BCUT2D eigenvalue weighted by atomic mass is 16.3. The van der Waals surface area contributed by atoms with Crippen LogP contribution < -0.4 is 0 Å². The fourth-order valence-electron chi connectivity index (χ4n) is 3.83. The quantitative estimate of drug-likeness (QED) is 0.854. The van der Waals surface area contributed by atoms with Gasteiger partial charge in [0, 0.05) is 30.1 Å². The Morgan fingerprint density at radius 1 is 1.21 bits per heavy atom. The van der Waals surface area contributed by atoms with Gasteiger partial charge in [-0.15, -0.1) is 0 Å². The molecule has 0 unspecified atom stereocenters. The summed E-state index contributed by atoms with van der Waals surface area (Å²) in [5.74, 6) is 0.550. The van der Waals surface area contributed by atoms with Crippen LogP contribution in [0.15, 0.2) is 16.5 Å². The normalized spacial score (nSPS) is 18.1. The molecular formula is C20H28N2O2. The van der Waals surface area contributed by atoms with Gasteiger partial charge in [0.05, 0.1) is 0 Å². The smallest absolute Gasteiger partial charge is 0.289 e. The number of carbonyl (C=O) groups excluding carboxylic acids is 1. The predicted molar refractivity (Wildman–Crippen MR) is 97.7 cm³/mol. The van der Waals surface area contributed by atoms with E-state index in [4.69, 9.17) is 4.42 Å². The van der Waals surface area contributed by atoms with E-state index in [1.807, 2.05) is 11.8 Å². The van der Waals surface area contributed by atoms with Gasteiger partial charge in [0.25, 0.3) is 5.91 Å². The molecule has 2 heterocycles. The van der Waals surface area contributed by atoms with Crippen molar-refractivity contribution in [2.75, 3.05) is 26.2 Å². The van der Waals surface area contributed by atoms with E-state index in [-0.39, 0.29) is 5.91 Å². The lowest BCUT2D eigenvalue weighted by molar-refractivity contribution is 0.0748. The van der Waals surface area contributed by atoms with Gasteiger partial charge in [-0.05, 0) is 51.4 Å². The molecule has 130 valence electrons. The van der Waals surface area contributed by atoms with E-state index in [1.165, 1.54) is 5.56 Å². The maximum Gasteiger partial charge on any atom is 0.289 e. The first kappa shape index (κ1) is 17.0. The van der Waals surface area contributed by atoms with Crippen LogP contribution in [-0.4, -0.2) is 47.9 Å². The molecule has 24 heavy (non-hydrogen) atoms. The standard InChI is InChI=1S/C20H28N2O2/c1-6-21(7-2)16-10-11-22(12-16)20(23)19-15(5)17-9-8-13(3)14(4)18(17)24-19/h8-9,16H,6-7,10-12H2,1-5H3/t16-/m1/s1. The summed E-state index contributed by atoms with van der Waals surface area (Å²) >= 11 is 0. The number of fused-ring (bicyclic) bond motifs is 1. The number of furan rings is 1. The molecule has 0 aliphatic carbocycles. The first-order chi connectivity index (χ1) is 11.5. The van der Waals surface area contributed by atoms with Gasteiger partial charge >= 0.3 is 0 Å². The summed E-state index contributed by atoms with van der Waals surface area (Å²) in [5, 5.41) is 1.06. The summed E-state index contributed by atoms with van der Waals surface area (Å²) < 4.78 is 6.03. The van der Waals surface area contributed by atoms with Crippen LogP contribution in [0.4, 0.5) is 0 Å². The van der Waals surface area contributed by atoms with Crippen LogP contribution in [-0.2, 0) is 0 Å². The van der Waals surface area contributed by atoms with E-state index in [1.54, 1.807) is 0 Å². The first-order valence-corrected chi connectivity index (χ1v) is 9.00. The molecule has 4 heteroatoms. The average Bonchev–Trinajstić information content (AvgIpc) is 3.18. The van der Waals surface area contributed by atoms with Crippen LogP contribution in [0.3, 0.4) is 0 Å². The van der Waals surface area contributed by atoms with Crippen molar-refractivity contribution < 1.29 is 9.21 Å². The lowest BCUT2D eigenvalue weighted by Crippen LogP contribution is -2.38. The number of likely N-dealkylation sites (N-methyl/N-ethyl adjacent to an activating group) is 1. The minimum atomic E-state index is 0.0374. The third-order valence-electron chi connectivity index (χ3n) is 5.60. The van der Waals surface area contributed by atoms with Crippen molar-refractivity contribution in [3.8, 4) is 0 Å². The van der Waals surface area contributed by atoms with Gasteiger partial charge in [-0.1, -0.05) is 26.0 Å². The molecule has 0 spiro atoms. The molecule has 3 rings (SSSR count). The molecule has 2 aromatic rings. The second-order valence-electron chi connectivity index (χ2n) is 6.86. The van der Waals surface area contributed by atoms with Crippen LogP contribution >= 0.6 is 0 Å². The molecule has 0 radical (unpaired) electrons.